The van der Waals surface area contributed by atoms with E-state index in [2.05, 4.69) is 38.2 Å². The zero-order valence-corrected chi connectivity index (χ0v) is 12.7. The summed E-state index contributed by atoms with van der Waals surface area (Å²) in [4.78, 5) is 2.74. The molecule has 1 unspecified atom stereocenters. The summed E-state index contributed by atoms with van der Waals surface area (Å²) in [6, 6.07) is 8.67. The monoisotopic (exact) mass is 279 g/mol. The van der Waals surface area contributed by atoms with Gasteiger partial charge < -0.3 is 5.32 Å². The van der Waals surface area contributed by atoms with Crippen LogP contribution < -0.4 is 5.32 Å². The van der Waals surface area contributed by atoms with Crippen molar-refractivity contribution in [2.75, 3.05) is 5.32 Å². The second-order valence-electron chi connectivity index (χ2n) is 4.70. The molecule has 0 amide bonds. The summed E-state index contributed by atoms with van der Waals surface area (Å²) in [7, 11) is 0. The molecular weight excluding hydrogens is 262 g/mol. The van der Waals surface area contributed by atoms with Gasteiger partial charge in [-0.25, -0.2) is 0 Å². The van der Waals surface area contributed by atoms with Crippen LogP contribution in [0.25, 0.3) is 0 Å². The minimum absolute atomic E-state index is 0.300. The van der Waals surface area contributed by atoms with Crippen LogP contribution in [0.1, 0.15) is 33.8 Å². The van der Waals surface area contributed by atoms with Crippen LogP contribution in [0.15, 0.2) is 24.3 Å². The number of rotatable bonds is 3. The molecule has 1 heterocycles. The summed E-state index contributed by atoms with van der Waals surface area (Å²) in [6.07, 6.45) is 0. The van der Waals surface area contributed by atoms with E-state index in [1.807, 2.05) is 30.4 Å². The third kappa shape index (κ3) is 2.88. The van der Waals surface area contributed by atoms with E-state index in [9.17, 15) is 0 Å². The van der Waals surface area contributed by atoms with E-state index in [4.69, 9.17) is 11.6 Å². The third-order valence-corrected chi connectivity index (χ3v) is 4.49. The zero-order valence-electron chi connectivity index (χ0n) is 11.2. The lowest BCUT2D eigenvalue weighted by Crippen LogP contribution is -2.06. The highest BCUT2D eigenvalue weighted by Crippen LogP contribution is 2.29. The van der Waals surface area contributed by atoms with Crippen LogP contribution in [-0.4, -0.2) is 0 Å². The lowest BCUT2D eigenvalue weighted by atomic mass is 10.1. The fourth-order valence-electron chi connectivity index (χ4n) is 2.09. The Bertz CT molecular complexity index is 560. The van der Waals surface area contributed by atoms with Crippen molar-refractivity contribution in [1.29, 1.82) is 0 Å². The van der Waals surface area contributed by atoms with Crippen molar-refractivity contribution in [1.82, 2.24) is 0 Å². The molecule has 18 heavy (non-hydrogen) atoms. The Kier molecular flexibility index (Phi) is 3.98. The van der Waals surface area contributed by atoms with Crippen LogP contribution in [-0.2, 0) is 0 Å². The smallest absolute Gasteiger partial charge is 0.0496 e. The summed E-state index contributed by atoms with van der Waals surface area (Å²) in [5.41, 5.74) is 3.55. The van der Waals surface area contributed by atoms with E-state index < -0.39 is 0 Å². The van der Waals surface area contributed by atoms with Gasteiger partial charge in [0.1, 0.15) is 0 Å². The number of halogens is 1. The van der Waals surface area contributed by atoms with Gasteiger partial charge in [0.2, 0.25) is 0 Å². The fraction of sp³-hybridized carbons (Fsp3) is 0.333. The number of anilines is 1. The van der Waals surface area contributed by atoms with E-state index in [-0.39, 0.29) is 0 Å². The summed E-state index contributed by atoms with van der Waals surface area (Å²) >= 11 is 7.99. The molecule has 0 radical (unpaired) electrons. The SMILES string of the molecule is Cc1cc(C(C)Nc2ccc(C)c(Cl)c2)c(C)s1. The Hall–Kier alpha value is -0.990. The average Bonchev–Trinajstić information content (AvgIpc) is 2.63. The molecule has 1 atom stereocenters. The fourth-order valence-corrected chi connectivity index (χ4v) is 3.29. The van der Waals surface area contributed by atoms with Gasteiger partial charge in [0, 0.05) is 26.5 Å². The molecule has 0 spiro atoms. The van der Waals surface area contributed by atoms with E-state index in [0.717, 1.165) is 16.3 Å². The molecule has 96 valence electrons. The maximum Gasteiger partial charge on any atom is 0.0496 e. The first-order valence-corrected chi connectivity index (χ1v) is 7.26. The molecule has 0 bridgehead atoms. The zero-order chi connectivity index (χ0) is 13.3. The molecule has 0 fully saturated rings. The molecule has 0 saturated carbocycles. The molecule has 1 N–H and O–H groups in total. The Morgan fingerprint density at radius 1 is 1.17 bits per heavy atom. The molecule has 3 heteroatoms. The van der Waals surface area contributed by atoms with Gasteiger partial charge in [-0.05, 0) is 57.0 Å². The first kappa shape index (κ1) is 13.4. The van der Waals surface area contributed by atoms with Gasteiger partial charge in [-0.15, -0.1) is 11.3 Å². The maximum atomic E-state index is 6.14. The van der Waals surface area contributed by atoms with Gasteiger partial charge in [-0.3, -0.25) is 0 Å². The summed E-state index contributed by atoms with van der Waals surface area (Å²) in [6.45, 7) is 8.52. The van der Waals surface area contributed by atoms with Crippen LogP contribution in [0, 0.1) is 20.8 Å². The van der Waals surface area contributed by atoms with Gasteiger partial charge in [-0.1, -0.05) is 17.7 Å². The average molecular weight is 280 g/mol. The van der Waals surface area contributed by atoms with E-state index >= 15 is 0 Å². The number of nitrogens with one attached hydrogen (secondary N) is 1. The highest BCUT2D eigenvalue weighted by Gasteiger charge is 2.11. The molecule has 0 saturated heterocycles. The van der Waals surface area contributed by atoms with E-state index in [1.54, 1.807) is 0 Å². The van der Waals surface area contributed by atoms with Crippen molar-refractivity contribution in [3.05, 3.63) is 50.2 Å². The number of aryl methyl sites for hydroxylation is 3. The maximum absolute atomic E-state index is 6.14. The highest BCUT2D eigenvalue weighted by molar-refractivity contribution is 7.12. The van der Waals surface area contributed by atoms with Gasteiger partial charge >= 0.3 is 0 Å². The first-order valence-electron chi connectivity index (χ1n) is 6.07. The quantitative estimate of drug-likeness (QED) is 0.782. The second-order valence-corrected chi connectivity index (χ2v) is 6.57. The molecule has 2 rings (SSSR count). The lowest BCUT2D eigenvalue weighted by molar-refractivity contribution is 0.881. The van der Waals surface area contributed by atoms with Gasteiger partial charge in [0.05, 0.1) is 0 Å². The predicted octanol–water partition coefficient (Wildman–Crippen LogP) is 5.50. The van der Waals surface area contributed by atoms with Crippen molar-refractivity contribution in [3.63, 3.8) is 0 Å². The normalized spacial score (nSPS) is 12.5. The molecule has 0 aliphatic carbocycles. The van der Waals surface area contributed by atoms with Crippen LogP contribution in [0.2, 0.25) is 5.02 Å². The third-order valence-electron chi connectivity index (χ3n) is 3.10. The largest absolute Gasteiger partial charge is 0.378 e. The van der Waals surface area contributed by atoms with E-state index in [1.165, 1.54) is 15.3 Å². The number of hydrogen-bond donors (Lipinski definition) is 1. The number of thiophene rings is 1. The second kappa shape index (κ2) is 5.33. The summed E-state index contributed by atoms with van der Waals surface area (Å²) in [5.74, 6) is 0. The number of hydrogen-bond acceptors (Lipinski definition) is 2. The van der Waals surface area contributed by atoms with Crippen LogP contribution >= 0.6 is 22.9 Å². The van der Waals surface area contributed by atoms with Gasteiger partial charge in [-0.2, -0.15) is 0 Å². The lowest BCUT2D eigenvalue weighted by Gasteiger charge is -2.16. The number of benzene rings is 1. The Labute approximate surface area is 118 Å². The minimum atomic E-state index is 0.300. The molecule has 1 aromatic heterocycles. The van der Waals surface area contributed by atoms with Crippen molar-refractivity contribution < 1.29 is 0 Å². The molecule has 2 aromatic rings. The summed E-state index contributed by atoms with van der Waals surface area (Å²) in [5, 5.41) is 4.31. The van der Waals surface area contributed by atoms with Gasteiger partial charge in [0.15, 0.2) is 0 Å². The van der Waals surface area contributed by atoms with Crippen LogP contribution in [0.5, 0.6) is 0 Å². The highest BCUT2D eigenvalue weighted by atomic mass is 35.5. The Morgan fingerprint density at radius 3 is 2.44 bits per heavy atom. The molecule has 1 aromatic carbocycles. The predicted molar refractivity (Wildman–Crippen MR) is 82.0 cm³/mol. The summed E-state index contributed by atoms with van der Waals surface area (Å²) < 4.78 is 0. The van der Waals surface area contributed by atoms with Crippen molar-refractivity contribution in [2.24, 2.45) is 0 Å². The Morgan fingerprint density at radius 2 is 1.89 bits per heavy atom. The molecular formula is C15H18ClNS. The van der Waals surface area contributed by atoms with Crippen LogP contribution in [0.3, 0.4) is 0 Å². The molecule has 1 nitrogen and oxygen atoms in total. The molecule has 0 aliphatic heterocycles. The van der Waals surface area contributed by atoms with Crippen molar-refractivity contribution in [3.8, 4) is 0 Å². The van der Waals surface area contributed by atoms with E-state index in [0.29, 0.717) is 6.04 Å². The minimum Gasteiger partial charge on any atom is -0.378 e. The van der Waals surface area contributed by atoms with Crippen molar-refractivity contribution >= 4 is 28.6 Å². The van der Waals surface area contributed by atoms with Crippen LogP contribution in [0.4, 0.5) is 5.69 Å². The molecule has 0 aliphatic rings. The Balaban J connectivity index is 2.18. The van der Waals surface area contributed by atoms with Gasteiger partial charge in [0.25, 0.3) is 0 Å². The standard InChI is InChI=1S/C15H18ClNS/c1-9-5-6-13(8-15(9)16)17-11(3)14-7-10(2)18-12(14)4/h5-8,11,17H,1-4H3. The first-order chi connectivity index (χ1) is 8.47. The van der Waals surface area contributed by atoms with Crippen molar-refractivity contribution in [2.45, 2.75) is 33.7 Å². The topological polar surface area (TPSA) is 12.0 Å².